The summed E-state index contributed by atoms with van der Waals surface area (Å²) in [5, 5.41) is 5.91. The lowest BCUT2D eigenvalue weighted by atomic mass is 9.86. The summed E-state index contributed by atoms with van der Waals surface area (Å²) < 4.78 is 0. The topological polar surface area (TPSA) is 78.5 Å². The van der Waals surface area contributed by atoms with Crippen LogP contribution in [0.15, 0.2) is 0 Å². The third-order valence-corrected chi connectivity index (χ3v) is 5.96. The second kappa shape index (κ2) is 7.11. The minimum absolute atomic E-state index is 0.157. The number of rotatable bonds is 3. The van der Waals surface area contributed by atoms with Crippen LogP contribution in [0.4, 0.5) is 4.79 Å². The molecule has 6 heteroatoms. The fourth-order valence-electron chi connectivity index (χ4n) is 4.42. The number of nitrogens with zero attached hydrogens (tertiary/aromatic N) is 1. The van der Waals surface area contributed by atoms with Crippen LogP contribution in [0.1, 0.15) is 71.1 Å². The van der Waals surface area contributed by atoms with Gasteiger partial charge in [-0.3, -0.25) is 14.5 Å². The Balaban J connectivity index is 1.61. The first-order chi connectivity index (χ1) is 11.5. The lowest BCUT2D eigenvalue weighted by molar-refractivity contribution is -0.135. The Morgan fingerprint density at radius 3 is 2.46 bits per heavy atom. The molecule has 4 amide bonds. The molecule has 3 rings (SSSR count). The fourth-order valence-corrected chi connectivity index (χ4v) is 4.42. The van der Waals surface area contributed by atoms with Crippen molar-refractivity contribution < 1.29 is 14.4 Å². The molecule has 1 spiro atoms. The number of hydrogen-bond donors (Lipinski definition) is 2. The van der Waals surface area contributed by atoms with Gasteiger partial charge in [0.25, 0.3) is 5.91 Å². The van der Waals surface area contributed by atoms with Gasteiger partial charge in [0, 0.05) is 6.04 Å². The van der Waals surface area contributed by atoms with E-state index in [1.807, 2.05) is 0 Å². The maximum Gasteiger partial charge on any atom is 0.325 e. The van der Waals surface area contributed by atoms with Gasteiger partial charge < -0.3 is 10.6 Å². The number of hydrogen-bond acceptors (Lipinski definition) is 3. The standard InChI is InChI=1S/C18H29N3O3/c1-13-8-4-5-9-14(13)19-15(22)12-21-16(23)18(20-17(21)24)10-6-2-3-7-11-18/h13-14H,2-12H2,1H3,(H,19,22)(H,20,24)/t13-,14+/m1/s1. The van der Waals surface area contributed by atoms with E-state index in [0.717, 1.165) is 49.8 Å². The molecule has 1 aliphatic heterocycles. The van der Waals surface area contributed by atoms with E-state index in [-0.39, 0.29) is 24.4 Å². The van der Waals surface area contributed by atoms with Gasteiger partial charge in [-0.25, -0.2) is 4.79 Å². The van der Waals surface area contributed by atoms with E-state index in [0.29, 0.717) is 18.8 Å². The molecule has 2 atom stereocenters. The van der Waals surface area contributed by atoms with E-state index in [9.17, 15) is 14.4 Å². The molecular weight excluding hydrogens is 306 g/mol. The van der Waals surface area contributed by atoms with Crippen molar-refractivity contribution in [3.8, 4) is 0 Å². The first-order valence-corrected chi connectivity index (χ1v) is 9.45. The summed E-state index contributed by atoms with van der Waals surface area (Å²) in [4.78, 5) is 38.6. The van der Waals surface area contributed by atoms with E-state index in [1.54, 1.807) is 0 Å². The van der Waals surface area contributed by atoms with Gasteiger partial charge in [0.2, 0.25) is 5.91 Å². The zero-order valence-corrected chi connectivity index (χ0v) is 14.6. The number of carbonyl (C=O) groups excluding carboxylic acids is 3. The number of imide groups is 1. The SMILES string of the molecule is C[C@@H]1CCCC[C@@H]1NC(=O)CN1C(=O)NC2(CCCCCC2)C1=O. The Morgan fingerprint density at radius 2 is 1.79 bits per heavy atom. The molecule has 1 heterocycles. The minimum atomic E-state index is -0.758. The van der Waals surface area contributed by atoms with Crippen LogP contribution < -0.4 is 10.6 Å². The molecule has 0 aromatic heterocycles. The second-order valence-electron chi connectivity index (χ2n) is 7.75. The smallest absolute Gasteiger partial charge is 0.325 e. The Hall–Kier alpha value is -1.59. The number of nitrogens with one attached hydrogen (secondary N) is 2. The summed E-state index contributed by atoms with van der Waals surface area (Å²) in [7, 11) is 0. The molecule has 2 N–H and O–H groups in total. The van der Waals surface area contributed by atoms with E-state index >= 15 is 0 Å². The van der Waals surface area contributed by atoms with Crippen LogP contribution in [0.5, 0.6) is 0 Å². The zero-order chi connectivity index (χ0) is 17.2. The zero-order valence-electron chi connectivity index (χ0n) is 14.6. The van der Waals surface area contributed by atoms with Crippen molar-refractivity contribution in [2.45, 2.75) is 82.7 Å². The fraction of sp³-hybridized carbons (Fsp3) is 0.833. The van der Waals surface area contributed by atoms with Gasteiger partial charge in [-0.1, -0.05) is 45.4 Å². The van der Waals surface area contributed by atoms with Crippen LogP contribution in [-0.4, -0.2) is 40.9 Å². The predicted octanol–water partition coefficient (Wildman–Crippen LogP) is 2.33. The normalized spacial score (nSPS) is 30.1. The highest BCUT2D eigenvalue weighted by atomic mass is 16.2. The van der Waals surface area contributed by atoms with E-state index < -0.39 is 11.6 Å². The molecule has 1 saturated heterocycles. The Labute approximate surface area is 143 Å². The average Bonchev–Trinajstić information content (AvgIpc) is 2.73. The molecule has 0 radical (unpaired) electrons. The molecule has 3 aliphatic rings. The van der Waals surface area contributed by atoms with E-state index in [4.69, 9.17) is 0 Å². The number of urea groups is 1. The van der Waals surface area contributed by atoms with Gasteiger partial charge in [-0.15, -0.1) is 0 Å². The van der Waals surface area contributed by atoms with Crippen LogP contribution in [0.2, 0.25) is 0 Å². The molecule has 24 heavy (non-hydrogen) atoms. The van der Waals surface area contributed by atoms with Crippen molar-refractivity contribution in [3.63, 3.8) is 0 Å². The van der Waals surface area contributed by atoms with Gasteiger partial charge >= 0.3 is 6.03 Å². The monoisotopic (exact) mass is 335 g/mol. The van der Waals surface area contributed by atoms with Crippen molar-refractivity contribution in [3.05, 3.63) is 0 Å². The quantitative estimate of drug-likeness (QED) is 0.777. The van der Waals surface area contributed by atoms with Crippen LogP contribution >= 0.6 is 0 Å². The molecule has 134 valence electrons. The highest BCUT2D eigenvalue weighted by molar-refractivity contribution is 6.09. The largest absolute Gasteiger partial charge is 0.352 e. The van der Waals surface area contributed by atoms with Crippen LogP contribution in [0.3, 0.4) is 0 Å². The van der Waals surface area contributed by atoms with Crippen molar-refractivity contribution in [2.75, 3.05) is 6.54 Å². The van der Waals surface area contributed by atoms with Gasteiger partial charge in [0.05, 0.1) is 0 Å². The van der Waals surface area contributed by atoms with Crippen LogP contribution in [0, 0.1) is 5.92 Å². The second-order valence-corrected chi connectivity index (χ2v) is 7.75. The van der Waals surface area contributed by atoms with Gasteiger partial charge in [-0.05, 0) is 31.6 Å². The molecule has 2 aliphatic carbocycles. The average molecular weight is 335 g/mol. The summed E-state index contributed by atoms with van der Waals surface area (Å²) in [6, 6.07) is -0.243. The highest BCUT2D eigenvalue weighted by Crippen LogP contribution is 2.32. The summed E-state index contributed by atoms with van der Waals surface area (Å²) >= 11 is 0. The number of amides is 4. The molecular formula is C18H29N3O3. The van der Waals surface area contributed by atoms with E-state index in [2.05, 4.69) is 17.6 Å². The summed E-state index contributed by atoms with van der Waals surface area (Å²) in [5.41, 5.74) is -0.758. The first-order valence-electron chi connectivity index (χ1n) is 9.45. The molecule has 2 saturated carbocycles. The maximum absolute atomic E-state index is 12.8. The van der Waals surface area contributed by atoms with Crippen molar-refractivity contribution in [1.29, 1.82) is 0 Å². The number of carbonyl (C=O) groups is 3. The molecule has 6 nitrogen and oxygen atoms in total. The van der Waals surface area contributed by atoms with Crippen molar-refractivity contribution in [2.24, 2.45) is 5.92 Å². The molecule has 0 aromatic carbocycles. The summed E-state index contributed by atoms with van der Waals surface area (Å²) in [5.74, 6) is 0.0307. The Kier molecular flexibility index (Phi) is 5.11. The molecule has 0 unspecified atom stereocenters. The van der Waals surface area contributed by atoms with E-state index in [1.165, 1.54) is 6.42 Å². The van der Waals surface area contributed by atoms with Crippen LogP contribution in [-0.2, 0) is 9.59 Å². The molecule has 3 fully saturated rings. The van der Waals surface area contributed by atoms with Gasteiger partial charge in [0.1, 0.15) is 12.1 Å². The highest BCUT2D eigenvalue weighted by Gasteiger charge is 2.51. The Morgan fingerprint density at radius 1 is 1.12 bits per heavy atom. The lowest BCUT2D eigenvalue weighted by Gasteiger charge is -2.30. The molecule has 0 bridgehead atoms. The summed E-state index contributed by atoms with van der Waals surface area (Å²) in [6.45, 7) is 1.99. The van der Waals surface area contributed by atoms with Gasteiger partial charge in [0.15, 0.2) is 0 Å². The van der Waals surface area contributed by atoms with Crippen LogP contribution in [0.25, 0.3) is 0 Å². The third kappa shape index (κ3) is 3.42. The van der Waals surface area contributed by atoms with Crippen molar-refractivity contribution >= 4 is 17.8 Å². The minimum Gasteiger partial charge on any atom is -0.352 e. The Bertz CT molecular complexity index is 512. The molecule has 0 aromatic rings. The third-order valence-electron chi connectivity index (χ3n) is 5.96. The maximum atomic E-state index is 12.8. The van der Waals surface area contributed by atoms with Crippen molar-refractivity contribution in [1.82, 2.24) is 15.5 Å². The predicted molar refractivity (Wildman–Crippen MR) is 90.2 cm³/mol. The lowest BCUT2D eigenvalue weighted by Crippen LogP contribution is -2.49. The van der Waals surface area contributed by atoms with Gasteiger partial charge in [-0.2, -0.15) is 0 Å². The summed E-state index contributed by atoms with van der Waals surface area (Å²) in [6.07, 6.45) is 9.93. The first kappa shape index (κ1) is 17.2.